The Kier molecular flexibility index (Phi) is 4.96. The molecule has 4 heteroatoms. The molecule has 0 aliphatic carbocycles. The van der Waals surface area contributed by atoms with E-state index in [1.54, 1.807) is 0 Å². The third-order valence-electron chi connectivity index (χ3n) is 1.86. The molecule has 1 aliphatic rings. The number of aliphatic hydroxyl groups excluding tert-OH is 1. The molecule has 1 fully saturated rings. The second-order valence-electron chi connectivity index (χ2n) is 2.68. The normalized spacial score (nSPS) is 40.8. The van der Waals surface area contributed by atoms with Gasteiger partial charge in [0.1, 0.15) is 0 Å². The zero-order chi connectivity index (χ0) is 6.15. The van der Waals surface area contributed by atoms with E-state index >= 15 is 0 Å². The van der Waals surface area contributed by atoms with Crippen LogP contribution in [0.3, 0.4) is 0 Å². The minimum absolute atomic E-state index is 0.0358. The Balaban J connectivity index is 2.39. The monoisotopic (exact) mass is 397 g/mol. The van der Waals surface area contributed by atoms with E-state index in [0.717, 1.165) is 67.6 Å². The Bertz CT molecular complexity index is 82.1. The van der Waals surface area contributed by atoms with E-state index in [0.29, 0.717) is 43.2 Å². The number of β-amino-alcohol motifs (C(OH)–C–C–N with tert-alkyl or cyclic N) is 1. The molecule has 0 aromatic rings. The molecule has 0 amide bonds. The molecule has 1 rings (SSSR count). The number of hydrogen-bond acceptors (Lipinski definition) is 2. The molecule has 38 valence electrons. The average molecular weight is 398 g/mol. The Labute approximate surface area is 119 Å². The summed E-state index contributed by atoms with van der Waals surface area (Å²) in [6.07, 6.45) is 1.13. The van der Waals surface area contributed by atoms with Crippen LogP contribution in [0, 0.1) is 43.2 Å². The van der Waals surface area contributed by atoms with Crippen LogP contribution in [-0.4, -0.2) is 72.8 Å². The van der Waals surface area contributed by atoms with Crippen molar-refractivity contribution >= 4 is 55.5 Å². The van der Waals surface area contributed by atoms with E-state index in [-0.39, 0.29) is 6.10 Å². The van der Waals surface area contributed by atoms with Gasteiger partial charge in [-0.15, -0.1) is 0 Å². The van der Waals surface area contributed by atoms with E-state index in [1.807, 2.05) is 0 Å². The van der Waals surface area contributed by atoms with E-state index < -0.39 is 0 Å². The van der Waals surface area contributed by atoms with Crippen molar-refractivity contribution in [2.24, 2.45) is 0 Å². The van der Waals surface area contributed by atoms with Crippen molar-refractivity contribution in [1.29, 1.82) is 0 Å². The molecular weight excluding hydrogens is 390 g/mol. The van der Waals surface area contributed by atoms with Crippen LogP contribution in [-0.2, 0) is 0 Å². The fourth-order valence-electron chi connectivity index (χ4n) is 1.16. The minimum atomic E-state index is 0.0358. The summed E-state index contributed by atoms with van der Waals surface area (Å²) in [5.74, 6) is 0. The summed E-state index contributed by atoms with van der Waals surface area (Å²) in [4.78, 5) is 0. The van der Waals surface area contributed by atoms with Crippen molar-refractivity contribution in [3.05, 3.63) is 0 Å². The van der Waals surface area contributed by atoms with E-state index in [1.165, 1.54) is 0 Å². The Morgan fingerprint density at radius 1 is 1.75 bits per heavy atom. The van der Waals surface area contributed by atoms with Crippen LogP contribution >= 0.6 is 0 Å². The summed E-state index contributed by atoms with van der Waals surface area (Å²) in [7, 11) is 0. The van der Waals surface area contributed by atoms with Gasteiger partial charge in [-0.1, -0.05) is 0 Å². The van der Waals surface area contributed by atoms with Crippen molar-refractivity contribution in [3.63, 3.8) is 0 Å². The Morgan fingerprint density at radius 2 is 2.38 bits per heavy atom. The van der Waals surface area contributed by atoms with Gasteiger partial charge in [-0.05, 0) is 0 Å². The summed E-state index contributed by atoms with van der Waals surface area (Å²) in [6, 6.07) is 0. The van der Waals surface area contributed by atoms with Gasteiger partial charge in [0.2, 0.25) is 0 Å². The predicted molar refractivity (Wildman–Crippen MR) is 28.3 cm³/mol. The van der Waals surface area contributed by atoms with Crippen LogP contribution in [0.1, 0.15) is 6.42 Å². The van der Waals surface area contributed by atoms with Crippen molar-refractivity contribution in [3.8, 4) is 0 Å². The first-order valence-electron chi connectivity index (χ1n) is 3.08. The van der Waals surface area contributed by atoms with Crippen molar-refractivity contribution in [2.45, 2.75) is 11.6 Å². The third-order valence-corrected chi connectivity index (χ3v) is 20.7. The standard InChI is InChI=1S/C4H7NO.Ra.Rb.H/c6-4-1-2-5-3-4;;;/h2,4,6H,1,3H2;;;/q-1;+1;;/t4-;;;/m1.../s1. The van der Waals surface area contributed by atoms with Crippen LogP contribution in [0.15, 0.2) is 0 Å². The Morgan fingerprint density at radius 3 is 2.50 bits per heavy atom. The molecule has 0 bridgehead atoms. The molecule has 0 saturated carbocycles. The molecule has 0 aromatic heterocycles. The summed E-state index contributed by atoms with van der Waals surface area (Å²) >= 11 is 1.30. The summed E-state index contributed by atoms with van der Waals surface area (Å²) in [5.41, 5.74) is 0. The molecule has 1 unspecified atom stereocenters. The molecule has 1 N–H and O–H groups in total. The van der Waals surface area contributed by atoms with Crippen molar-refractivity contribution in [2.75, 3.05) is 6.54 Å². The van der Waals surface area contributed by atoms with Crippen LogP contribution in [0.5, 0.6) is 0 Å². The molecule has 2 atom stereocenters. The quantitative estimate of drug-likeness (QED) is 0.552. The molecule has 1 saturated heterocycles. The molecule has 0 aromatic carbocycles. The molecule has 1 aliphatic heterocycles. The van der Waals surface area contributed by atoms with Gasteiger partial charge in [-0.2, -0.15) is 0 Å². The molecule has 1 heterocycles. The summed E-state index contributed by atoms with van der Waals surface area (Å²) < 4.78 is 3.38. The van der Waals surface area contributed by atoms with Gasteiger partial charge >= 0.3 is 122 Å². The molecule has 0 spiro atoms. The number of nitrogens with zero attached hydrogens (tertiary/aromatic N) is 1. The number of rotatable bonds is 0. The van der Waals surface area contributed by atoms with Crippen LogP contribution in [0.4, 0.5) is 0 Å². The zero-order valence-corrected chi connectivity index (χ0v) is 18.6. The van der Waals surface area contributed by atoms with Gasteiger partial charge in [0.25, 0.3) is 0 Å². The van der Waals surface area contributed by atoms with Crippen LogP contribution in [0.25, 0.3) is 0 Å². The fourth-order valence-corrected chi connectivity index (χ4v) is 5.62. The third kappa shape index (κ3) is 2.67. The molecular formula is C4H8NORaRb. The number of hydrogen-bond donors (Lipinski definition) is 1. The topological polar surface area (TPSA) is 23.5 Å². The first kappa shape index (κ1) is 9.28. The van der Waals surface area contributed by atoms with Crippen LogP contribution in [0.2, 0.25) is 0 Å². The van der Waals surface area contributed by atoms with Gasteiger partial charge in [-0.3, -0.25) is 0 Å². The van der Waals surface area contributed by atoms with Crippen LogP contribution < -0.4 is 0 Å². The molecule has 0 radical (unpaired) electrons. The first-order chi connectivity index (χ1) is 3.70. The van der Waals surface area contributed by atoms with E-state index in [2.05, 4.69) is 0.431 Å². The van der Waals surface area contributed by atoms with Gasteiger partial charge < -0.3 is 0 Å². The average Bonchev–Trinajstić information content (AvgIpc) is 1.85. The maximum absolute atomic E-state index is 9.10. The fraction of sp³-hybridized carbons (Fsp3) is 1.00. The summed E-state index contributed by atoms with van der Waals surface area (Å²) in [6.45, 7) is 1.00. The second-order valence-corrected chi connectivity index (χ2v) is 10.7. The second kappa shape index (κ2) is 4.28. The van der Waals surface area contributed by atoms with E-state index in [4.69, 9.17) is 5.11 Å². The van der Waals surface area contributed by atoms with Gasteiger partial charge in [0.05, 0.1) is 0 Å². The first-order valence-corrected chi connectivity index (χ1v) is 9.60. The predicted octanol–water partition coefficient (Wildman–Crippen LogP) is -1.26. The number of aliphatic hydroxyl groups is 1. The van der Waals surface area contributed by atoms with Gasteiger partial charge in [-0.25, -0.2) is 0 Å². The van der Waals surface area contributed by atoms with Crippen molar-refractivity contribution in [1.82, 2.24) is 0.431 Å². The SMILES string of the molecule is O[C@@H]1C[CH]([Rb])[N]([RaH])C1. The van der Waals surface area contributed by atoms with Crippen molar-refractivity contribution < 1.29 is 48.3 Å². The van der Waals surface area contributed by atoms with E-state index in [9.17, 15) is 0 Å². The van der Waals surface area contributed by atoms with Gasteiger partial charge in [0, 0.05) is 0 Å². The zero-order valence-electron chi connectivity index (χ0n) is 5.46. The maximum atomic E-state index is 9.10. The molecule has 8 heavy (non-hydrogen) atoms. The Hall–Kier alpha value is 3.19. The molecule has 2 nitrogen and oxygen atoms in total. The summed E-state index contributed by atoms with van der Waals surface area (Å²) in [5, 5.41) is 9.10. The van der Waals surface area contributed by atoms with Gasteiger partial charge in [0.15, 0.2) is 0 Å².